The van der Waals surface area contributed by atoms with Gasteiger partial charge in [-0.05, 0) is 17.7 Å². The van der Waals surface area contributed by atoms with Crippen LogP contribution in [0.2, 0.25) is 0 Å². The maximum Gasteiger partial charge on any atom is 0.159 e. The molecule has 1 aromatic carbocycles. The quantitative estimate of drug-likeness (QED) is 0.761. The van der Waals surface area contributed by atoms with Gasteiger partial charge in [-0.25, -0.2) is 8.78 Å². The predicted octanol–water partition coefficient (Wildman–Crippen LogP) is 1.69. The van der Waals surface area contributed by atoms with Gasteiger partial charge in [-0.2, -0.15) is 11.8 Å². The molecule has 1 unspecified atom stereocenters. The second-order valence-electron chi connectivity index (χ2n) is 3.08. The molecule has 0 aliphatic carbocycles. The molecule has 0 aliphatic rings. The van der Waals surface area contributed by atoms with Crippen molar-refractivity contribution in [2.24, 2.45) is 5.73 Å². The first-order valence-electron chi connectivity index (χ1n) is 4.54. The number of nitrogens with two attached hydrogens (primary N) is 1. The normalized spacial score (nSPS) is 12.8. The molecule has 84 valence electrons. The summed E-state index contributed by atoms with van der Waals surface area (Å²) in [6.07, 6.45) is 0. The lowest BCUT2D eigenvalue weighted by Crippen LogP contribution is -2.14. The Labute approximate surface area is 91.5 Å². The van der Waals surface area contributed by atoms with Gasteiger partial charge in [0.1, 0.15) is 0 Å². The Hall–Kier alpha value is -0.650. The SMILES string of the molecule is NC(CSCCO)c1ccc(F)c(F)c1. The summed E-state index contributed by atoms with van der Waals surface area (Å²) in [5, 5.41) is 8.56. The van der Waals surface area contributed by atoms with Gasteiger partial charge >= 0.3 is 0 Å². The third kappa shape index (κ3) is 3.77. The summed E-state index contributed by atoms with van der Waals surface area (Å²) in [7, 11) is 0. The van der Waals surface area contributed by atoms with Crippen LogP contribution in [0, 0.1) is 11.6 Å². The predicted molar refractivity (Wildman–Crippen MR) is 57.7 cm³/mol. The van der Waals surface area contributed by atoms with E-state index < -0.39 is 11.6 Å². The summed E-state index contributed by atoms with van der Waals surface area (Å²) < 4.78 is 25.5. The third-order valence-corrected chi connectivity index (χ3v) is 2.97. The van der Waals surface area contributed by atoms with Gasteiger partial charge in [-0.15, -0.1) is 0 Å². The van der Waals surface area contributed by atoms with Gasteiger partial charge in [0.2, 0.25) is 0 Å². The summed E-state index contributed by atoms with van der Waals surface area (Å²) in [5.41, 5.74) is 6.33. The van der Waals surface area contributed by atoms with E-state index in [1.165, 1.54) is 17.8 Å². The highest BCUT2D eigenvalue weighted by Gasteiger charge is 2.09. The minimum absolute atomic E-state index is 0.0924. The van der Waals surface area contributed by atoms with Crippen LogP contribution in [0.5, 0.6) is 0 Å². The second-order valence-corrected chi connectivity index (χ2v) is 4.23. The van der Waals surface area contributed by atoms with Crippen molar-refractivity contribution in [3.8, 4) is 0 Å². The molecule has 0 amide bonds. The number of hydrogen-bond acceptors (Lipinski definition) is 3. The fourth-order valence-corrected chi connectivity index (χ4v) is 1.86. The van der Waals surface area contributed by atoms with Crippen molar-refractivity contribution in [3.63, 3.8) is 0 Å². The Bertz CT molecular complexity index is 322. The van der Waals surface area contributed by atoms with E-state index in [9.17, 15) is 8.78 Å². The largest absolute Gasteiger partial charge is 0.396 e. The molecule has 1 atom stereocenters. The van der Waals surface area contributed by atoms with Gasteiger partial charge in [0, 0.05) is 17.5 Å². The molecule has 1 aromatic rings. The van der Waals surface area contributed by atoms with Crippen molar-refractivity contribution >= 4 is 11.8 Å². The summed E-state index contributed by atoms with van der Waals surface area (Å²) in [6, 6.07) is 3.32. The van der Waals surface area contributed by atoms with Crippen molar-refractivity contribution in [2.75, 3.05) is 18.1 Å². The fourth-order valence-electron chi connectivity index (χ4n) is 1.11. The maximum absolute atomic E-state index is 12.9. The Morgan fingerprint density at radius 2 is 2.07 bits per heavy atom. The summed E-state index contributed by atoms with van der Waals surface area (Å²) in [6.45, 7) is 0.0924. The van der Waals surface area contributed by atoms with Crippen molar-refractivity contribution in [1.82, 2.24) is 0 Å². The Morgan fingerprint density at radius 3 is 2.67 bits per heavy atom. The molecule has 2 nitrogen and oxygen atoms in total. The van der Waals surface area contributed by atoms with Gasteiger partial charge in [-0.1, -0.05) is 6.07 Å². The van der Waals surface area contributed by atoms with E-state index in [0.29, 0.717) is 17.1 Å². The van der Waals surface area contributed by atoms with E-state index in [-0.39, 0.29) is 12.6 Å². The number of aliphatic hydroxyl groups excluding tert-OH is 1. The molecular formula is C10H13F2NOS. The van der Waals surface area contributed by atoms with Crippen LogP contribution in [0.4, 0.5) is 8.78 Å². The van der Waals surface area contributed by atoms with Crippen LogP contribution in [0.3, 0.4) is 0 Å². The summed E-state index contributed by atoms with van der Waals surface area (Å²) in [4.78, 5) is 0. The molecule has 0 aliphatic heterocycles. The molecule has 0 bridgehead atoms. The Kier molecular flexibility index (Phi) is 5.01. The number of halogens is 2. The highest BCUT2D eigenvalue weighted by molar-refractivity contribution is 7.99. The van der Waals surface area contributed by atoms with Gasteiger partial charge in [-0.3, -0.25) is 0 Å². The van der Waals surface area contributed by atoms with E-state index in [2.05, 4.69) is 0 Å². The number of rotatable bonds is 5. The maximum atomic E-state index is 12.9. The third-order valence-electron chi connectivity index (χ3n) is 1.90. The average Bonchev–Trinajstić information content (AvgIpc) is 2.22. The molecule has 0 saturated carbocycles. The topological polar surface area (TPSA) is 46.2 Å². The molecule has 0 saturated heterocycles. The van der Waals surface area contributed by atoms with Crippen molar-refractivity contribution in [1.29, 1.82) is 0 Å². The molecular weight excluding hydrogens is 220 g/mol. The lowest BCUT2D eigenvalue weighted by molar-refractivity contribution is 0.322. The summed E-state index contributed by atoms with van der Waals surface area (Å²) in [5.74, 6) is -0.577. The molecule has 0 aromatic heterocycles. The van der Waals surface area contributed by atoms with Crippen LogP contribution in [0.15, 0.2) is 18.2 Å². The average molecular weight is 233 g/mol. The van der Waals surface area contributed by atoms with Crippen LogP contribution < -0.4 is 5.73 Å². The standard InChI is InChI=1S/C10H13F2NOS/c11-8-2-1-7(5-9(8)12)10(13)6-15-4-3-14/h1-2,5,10,14H,3-4,6,13H2. The van der Waals surface area contributed by atoms with E-state index in [1.807, 2.05) is 0 Å². The van der Waals surface area contributed by atoms with Crippen LogP contribution in [0.1, 0.15) is 11.6 Å². The van der Waals surface area contributed by atoms with Crippen molar-refractivity contribution < 1.29 is 13.9 Å². The Balaban J connectivity index is 2.57. The van der Waals surface area contributed by atoms with E-state index in [1.54, 1.807) is 0 Å². The minimum atomic E-state index is -0.880. The molecule has 3 N–H and O–H groups in total. The number of aliphatic hydroxyl groups is 1. The molecule has 0 spiro atoms. The van der Waals surface area contributed by atoms with E-state index >= 15 is 0 Å². The van der Waals surface area contributed by atoms with Gasteiger partial charge in [0.25, 0.3) is 0 Å². The fraction of sp³-hybridized carbons (Fsp3) is 0.400. The molecule has 5 heteroatoms. The highest BCUT2D eigenvalue weighted by atomic mass is 32.2. The lowest BCUT2D eigenvalue weighted by atomic mass is 10.1. The van der Waals surface area contributed by atoms with Crippen LogP contribution in [-0.4, -0.2) is 23.2 Å². The number of hydrogen-bond donors (Lipinski definition) is 2. The van der Waals surface area contributed by atoms with Crippen molar-refractivity contribution in [3.05, 3.63) is 35.4 Å². The van der Waals surface area contributed by atoms with E-state index in [0.717, 1.165) is 12.1 Å². The molecule has 0 heterocycles. The van der Waals surface area contributed by atoms with Gasteiger partial charge in [0.05, 0.1) is 6.61 Å². The number of thioether (sulfide) groups is 1. The molecule has 15 heavy (non-hydrogen) atoms. The van der Waals surface area contributed by atoms with Crippen LogP contribution in [0.25, 0.3) is 0 Å². The van der Waals surface area contributed by atoms with Gasteiger partial charge in [0.15, 0.2) is 11.6 Å². The lowest BCUT2D eigenvalue weighted by Gasteiger charge is -2.11. The van der Waals surface area contributed by atoms with E-state index in [4.69, 9.17) is 10.8 Å². The smallest absolute Gasteiger partial charge is 0.159 e. The number of benzene rings is 1. The van der Waals surface area contributed by atoms with Gasteiger partial charge < -0.3 is 10.8 Å². The Morgan fingerprint density at radius 1 is 1.33 bits per heavy atom. The highest BCUT2D eigenvalue weighted by Crippen LogP contribution is 2.18. The van der Waals surface area contributed by atoms with Crippen LogP contribution >= 0.6 is 11.8 Å². The first kappa shape index (κ1) is 12.4. The first-order valence-corrected chi connectivity index (χ1v) is 5.69. The summed E-state index contributed by atoms with van der Waals surface area (Å²) >= 11 is 1.48. The zero-order valence-corrected chi connectivity index (χ0v) is 8.94. The zero-order valence-electron chi connectivity index (χ0n) is 8.12. The second kappa shape index (κ2) is 6.05. The minimum Gasteiger partial charge on any atom is -0.396 e. The molecule has 0 fully saturated rings. The molecule has 0 radical (unpaired) electrons. The zero-order chi connectivity index (χ0) is 11.3. The monoisotopic (exact) mass is 233 g/mol. The van der Waals surface area contributed by atoms with Crippen LogP contribution in [-0.2, 0) is 0 Å². The van der Waals surface area contributed by atoms with Crippen molar-refractivity contribution in [2.45, 2.75) is 6.04 Å². The molecule has 1 rings (SSSR count). The first-order chi connectivity index (χ1) is 7.15.